The minimum Gasteiger partial charge on any atom is -0.496 e. The summed E-state index contributed by atoms with van der Waals surface area (Å²) >= 11 is 1.77. The fourth-order valence-electron chi connectivity index (χ4n) is 1.66. The van der Waals surface area contributed by atoms with Gasteiger partial charge in [0.1, 0.15) is 5.75 Å². The Balaban J connectivity index is 2.35. The number of hydrogen-bond acceptors (Lipinski definition) is 4. The van der Waals surface area contributed by atoms with E-state index < -0.39 is 0 Å². The number of methoxy groups -OCH3 is 1. The van der Waals surface area contributed by atoms with Crippen molar-refractivity contribution in [1.29, 1.82) is 0 Å². The first-order chi connectivity index (χ1) is 8.81. The highest BCUT2D eigenvalue weighted by Gasteiger charge is 2.07. The first kappa shape index (κ1) is 15.3. The van der Waals surface area contributed by atoms with E-state index in [2.05, 4.69) is 18.3 Å². The number of hydrogen-bond donors (Lipinski definition) is 2. The molecule has 1 unspecified atom stereocenters. The van der Waals surface area contributed by atoms with Crippen molar-refractivity contribution < 1.29 is 9.84 Å². The van der Waals surface area contributed by atoms with Gasteiger partial charge in [0, 0.05) is 10.9 Å². The summed E-state index contributed by atoms with van der Waals surface area (Å²) in [5.41, 5.74) is 0. The van der Waals surface area contributed by atoms with E-state index in [4.69, 9.17) is 4.74 Å². The predicted molar refractivity (Wildman–Crippen MR) is 77.5 cm³/mol. The third-order valence-corrected chi connectivity index (χ3v) is 3.78. The topological polar surface area (TPSA) is 41.5 Å². The van der Waals surface area contributed by atoms with Crippen molar-refractivity contribution in [1.82, 2.24) is 5.32 Å². The molecule has 1 rings (SSSR count). The van der Waals surface area contributed by atoms with Crippen molar-refractivity contribution in [3.63, 3.8) is 0 Å². The van der Waals surface area contributed by atoms with Crippen LogP contribution in [0, 0.1) is 0 Å². The summed E-state index contributed by atoms with van der Waals surface area (Å²) in [5, 5.41) is 12.6. The Kier molecular flexibility index (Phi) is 7.89. The predicted octanol–water partition coefficient (Wildman–Crippen LogP) is 2.54. The van der Waals surface area contributed by atoms with Crippen LogP contribution in [0.3, 0.4) is 0 Å². The van der Waals surface area contributed by atoms with Crippen LogP contribution in [-0.2, 0) is 0 Å². The Bertz CT molecular complexity index is 333. The molecule has 0 saturated carbocycles. The molecule has 0 aliphatic carbocycles. The minimum absolute atomic E-state index is 0.201. The van der Waals surface area contributed by atoms with Crippen molar-refractivity contribution in [3.05, 3.63) is 24.3 Å². The molecule has 4 heteroatoms. The number of aliphatic hydroxyl groups is 1. The zero-order chi connectivity index (χ0) is 13.2. The Morgan fingerprint density at radius 2 is 2.17 bits per heavy atom. The lowest BCUT2D eigenvalue weighted by atomic mass is 10.2. The molecule has 1 aromatic carbocycles. The van der Waals surface area contributed by atoms with Gasteiger partial charge < -0.3 is 15.2 Å². The van der Waals surface area contributed by atoms with Crippen molar-refractivity contribution in [2.24, 2.45) is 0 Å². The molecule has 0 aliphatic rings. The van der Waals surface area contributed by atoms with Gasteiger partial charge in [-0.3, -0.25) is 0 Å². The molecule has 0 amide bonds. The molecular formula is C14H23NO2S. The molecule has 0 radical (unpaired) electrons. The van der Waals surface area contributed by atoms with Crippen LogP contribution in [0.25, 0.3) is 0 Å². The minimum atomic E-state index is 0.201. The van der Waals surface area contributed by atoms with Crippen LogP contribution in [0.4, 0.5) is 0 Å². The fourth-order valence-corrected chi connectivity index (χ4v) is 2.75. The number of aliphatic hydroxyl groups excluding tert-OH is 1. The van der Waals surface area contributed by atoms with Crippen LogP contribution in [0.1, 0.15) is 19.8 Å². The second-order valence-electron chi connectivity index (χ2n) is 4.12. The Hall–Kier alpha value is -0.710. The molecule has 0 heterocycles. The number of nitrogens with one attached hydrogen (secondary N) is 1. The zero-order valence-corrected chi connectivity index (χ0v) is 12.0. The van der Waals surface area contributed by atoms with Gasteiger partial charge in [-0.1, -0.05) is 19.1 Å². The van der Waals surface area contributed by atoms with Gasteiger partial charge in [0.15, 0.2) is 0 Å². The van der Waals surface area contributed by atoms with E-state index >= 15 is 0 Å². The summed E-state index contributed by atoms with van der Waals surface area (Å²) in [6.07, 6.45) is 2.05. The van der Waals surface area contributed by atoms with Crippen molar-refractivity contribution in [2.75, 3.05) is 26.0 Å². The molecule has 0 bridgehead atoms. The molecule has 1 aromatic rings. The van der Waals surface area contributed by atoms with E-state index in [0.29, 0.717) is 0 Å². The largest absolute Gasteiger partial charge is 0.496 e. The third kappa shape index (κ3) is 5.29. The van der Waals surface area contributed by atoms with E-state index in [0.717, 1.165) is 35.8 Å². The molecule has 18 heavy (non-hydrogen) atoms. The number of para-hydroxylation sites is 1. The van der Waals surface area contributed by atoms with Crippen molar-refractivity contribution in [3.8, 4) is 5.75 Å². The Morgan fingerprint density at radius 1 is 1.39 bits per heavy atom. The summed E-state index contributed by atoms with van der Waals surface area (Å²) in [4.78, 5) is 1.16. The van der Waals surface area contributed by atoms with Gasteiger partial charge in [0.05, 0.1) is 13.7 Å². The SMILES string of the molecule is CCCNC(CO)CCSc1ccccc1OC. The molecule has 0 fully saturated rings. The lowest BCUT2D eigenvalue weighted by molar-refractivity contribution is 0.240. The number of ether oxygens (including phenoxy) is 1. The third-order valence-electron chi connectivity index (χ3n) is 2.70. The van der Waals surface area contributed by atoms with Gasteiger partial charge >= 0.3 is 0 Å². The second kappa shape index (κ2) is 9.25. The van der Waals surface area contributed by atoms with Crippen LogP contribution >= 0.6 is 11.8 Å². The quantitative estimate of drug-likeness (QED) is 0.676. The number of benzene rings is 1. The maximum Gasteiger partial charge on any atom is 0.132 e. The lowest BCUT2D eigenvalue weighted by Crippen LogP contribution is -2.33. The van der Waals surface area contributed by atoms with Gasteiger partial charge in [-0.05, 0) is 37.3 Å². The van der Waals surface area contributed by atoms with E-state index in [1.165, 1.54) is 0 Å². The van der Waals surface area contributed by atoms with E-state index in [1.54, 1.807) is 18.9 Å². The standard InChI is InChI=1S/C14H23NO2S/c1-3-9-15-12(11-16)8-10-18-14-7-5-4-6-13(14)17-2/h4-7,12,15-16H,3,8-11H2,1-2H3. The smallest absolute Gasteiger partial charge is 0.132 e. The van der Waals surface area contributed by atoms with Gasteiger partial charge in [-0.25, -0.2) is 0 Å². The summed E-state index contributed by atoms with van der Waals surface area (Å²) in [6, 6.07) is 8.23. The molecule has 0 aliphatic heterocycles. The van der Waals surface area contributed by atoms with Gasteiger partial charge in [-0.2, -0.15) is 0 Å². The van der Waals surface area contributed by atoms with Gasteiger partial charge in [0.25, 0.3) is 0 Å². The zero-order valence-electron chi connectivity index (χ0n) is 11.2. The summed E-state index contributed by atoms with van der Waals surface area (Å²) in [7, 11) is 1.69. The first-order valence-electron chi connectivity index (χ1n) is 6.41. The summed E-state index contributed by atoms with van der Waals surface area (Å²) in [6.45, 7) is 3.29. The van der Waals surface area contributed by atoms with Crippen molar-refractivity contribution >= 4 is 11.8 Å². The Morgan fingerprint density at radius 3 is 2.83 bits per heavy atom. The number of thioether (sulfide) groups is 1. The summed E-state index contributed by atoms with van der Waals surface area (Å²) < 4.78 is 5.31. The molecule has 3 nitrogen and oxygen atoms in total. The lowest BCUT2D eigenvalue weighted by Gasteiger charge is -2.15. The van der Waals surface area contributed by atoms with E-state index in [9.17, 15) is 5.11 Å². The molecule has 2 N–H and O–H groups in total. The van der Waals surface area contributed by atoms with Gasteiger partial charge in [0.2, 0.25) is 0 Å². The Labute approximate surface area is 114 Å². The summed E-state index contributed by atoms with van der Waals surface area (Å²) in [5.74, 6) is 1.90. The highest BCUT2D eigenvalue weighted by Crippen LogP contribution is 2.29. The molecular weight excluding hydrogens is 246 g/mol. The first-order valence-corrected chi connectivity index (χ1v) is 7.40. The average Bonchev–Trinajstić information content (AvgIpc) is 2.43. The normalized spacial score (nSPS) is 12.4. The monoisotopic (exact) mass is 269 g/mol. The van der Waals surface area contributed by atoms with Crippen LogP contribution in [0.2, 0.25) is 0 Å². The second-order valence-corrected chi connectivity index (χ2v) is 5.26. The van der Waals surface area contributed by atoms with Crippen LogP contribution in [0.15, 0.2) is 29.2 Å². The highest BCUT2D eigenvalue weighted by molar-refractivity contribution is 7.99. The van der Waals surface area contributed by atoms with E-state index in [-0.39, 0.29) is 12.6 Å². The molecule has 102 valence electrons. The highest BCUT2D eigenvalue weighted by atomic mass is 32.2. The van der Waals surface area contributed by atoms with Crippen molar-refractivity contribution in [2.45, 2.75) is 30.7 Å². The van der Waals surface area contributed by atoms with Crippen LogP contribution < -0.4 is 10.1 Å². The maximum atomic E-state index is 9.25. The average molecular weight is 269 g/mol. The fraction of sp³-hybridized carbons (Fsp3) is 0.571. The maximum absolute atomic E-state index is 9.25. The van der Waals surface area contributed by atoms with Gasteiger partial charge in [-0.15, -0.1) is 11.8 Å². The molecule has 0 aromatic heterocycles. The molecule has 1 atom stereocenters. The van der Waals surface area contributed by atoms with Crippen LogP contribution in [0.5, 0.6) is 5.75 Å². The van der Waals surface area contributed by atoms with E-state index in [1.807, 2.05) is 18.2 Å². The molecule has 0 spiro atoms. The van der Waals surface area contributed by atoms with Crippen LogP contribution in [-0.4, -0.2) is 37.2 Å². The molecule has 0 saturated heterocycles. The number of rotatable bonds is 9.